The predicted molar refractivity (Wildman–Crippen MR) is 63.6 cm³/mol. The molecule has 0 saturated carbocycles. The van der Waals surface area contributed by atoms with E-state index in [4.69, 9.17) is 17.4 Å². The highest BCUT2D eigenvalue weighted by Crippen LogP contribution is 2.24. The molecule has 2 unspecified atom stereocenters. The average molecular weight is 233 g/mol. The topological polar surface area (TPSA) is 38.0 Å². The van der Waals surface area contributed by atoms with Crippen LogP contribution in [-0.4, -0.2) is 6.04 Å². The molecular weight excluding hydrogens is 216 g/mol. The highest BCUT2D eigenvalue weighted by molar-refractivity contribution is 7.16. The lowest BCUT2D eigenvalue weighted by atomic mass is 9.96. The van der Waals surface area contributed by atoms with E-state index in [2.05, 4.69) is 25.3 Å². The lowest BCUT2D eigenvalue weighted by Crippen LogP contribution is -2.41. The van der Waals surface area contributed by atoms with Gasteiger partial charge in [-0.3, -0.25) is 11.3 Å². The molecule has 14 heavy (non-hydrogen) atoms. The Labute approximate surface area is 94.4 Å². The zero-order valence-corrected chi connectivity index (χ0v) is 10.2. The molecule has 0 fully saturated rings. The van der Waals surface area contributed by atoms with Crippen molar-refractivity contribution >= 4 is 22.9 Å². The van der Waals surface area contributed by atoms with Gasteiger partial charge in [0.2, 0.25) is 0 Å². The minimum absolute atomic E-state index is 0.342. The molecule has 0 amide bonds. The summed E-state index contributed by atoms with van der Waals surface area (Å²) in [5, 5.41) is 0. The Morgan fingerprint density at radius 1 is 1.57 bits per heavy atom. The van der Waals surface area contributed by atoms with Crippen LogP contribution < -0.4 is 11.3 Å². The van der Waals surface area contributed by atoms with Crippen molar-refractivity contribution in [2.45, 2.75) is 32.7 Å². The van der Waals surface area contributed by atoms with Crippen molar-refractivity contribution in [2.24, 2.45) is 11.8 Å². The fraction of sp³-hybridized carbons (Fsp3) is 0.600. The first kappa shape index (κ1) is 12.0. The van der Waals surface area contributed by atoms with Crippen molar-refractivity contribution in [1.29, 1.82) is 0 Å². The summed E-state index contributed by atoms with van der Waals surface area (Å²) >= 11 is 7.50. The van der Waals surface area contributed by atoms with Crippen LogP contribution in [0.15, 0.2) is 12.1 Å². The first-order chi connectivity index (χ1) is 6.67. The Balaban J connectivity index is 2.56. The first-order valence-electron chi connectivity index (χ1n) is 4.87. The summed E-state index contributed by atoms with van der Waals surface area (Å²) < 4.78 is 0.847. The smallest absolute Gasteiger partial charge is 0.0931 e. The maximum atomic E-state index is 5.87. The van der Waals surface area contributed by atoms with Gasteiger partial charge in [0.15, 0.2) is 0 Å². The third kappa shape index (κ3) is 3.24. The summed E-state index contributed by atoms with van der Waals surface area (Å²) in [7, 11) is 0. The Kier molecular flexibility index (Phi) is 4.89. The number of hydrazine groups is 1. The van der Waals surface area contributed by atoms with E-state index in [9.17, 15) is 0 Å². The summed E-state index contributed by atoms with van der Waals surface area (Å²) in [6.45, 7) is 4.39. The van der Waals surface area contributed by atoms with E-state index in [0.717, 1.165) is 17.2 Å². The maximum Gasteiger partial charge on any atom is 0.0931 e. The molecule has 4 heteroatoms. The van der Waals surface area contributed by atoms with Gasteiger partial charge in [-0.1, -0.05) is 31.9 Å². The molecule has 1 aromatic heterocycles. The lowest BCUT2D eigenvalue weighted by molar-refractivity contribution is 0.371. The van der Waals surface area contributed by atoms with Gasteiger partial charge in [-0.15, -0.1) is 11.3 Å². The van der Waals surface area contributed by atoms with Crippen molar-refractivity contribution in [3.63, 3.8) is 0 Å². The molecule has 0 saturated heterocycles. The molecular formula is C10H17ClN2S. The SMILES string of the molecule is CCC(C)C(Cc1ccc(Cl)s1)NN. The van der Waals surface area contributed by atoms with Crippen molar-refractivity contribution in [2.75, 3.05) is 0 Å². The summed E-state index contributed by atoms with van der Waals surface area (Å²) in [5.74, 6) is 6.11. The summed E-state index contributed by atoms with van der Waals surface area (Å²) in [5.41, 5.74) is 2.87. The number of thiophene rings is 1. The Morgan fingerprint density at radius 2 is 2.29 bits per heavy atom. The van der Waals surface area contributed by atoms with E-state index in [1.807, 2.05) is 6.07 Å². The third-order valence-electron chi connectivity index (χ3n) is 2.59. The molecule has 0 aliphatic heterocycles. The molecule has 1 heterocycles. The van der Waals surface area contributed by atoms with E-state index >= 15 is 0 Å². The summed E-state index contributed by atoms with van der Waals surface area (Å²) in [4.78, 5) is 1.29. The standard InChI is InChI=1S/C10H17ClN2S/c1-3-7(2)9(13-12)6-8-4-5-10(11)14-8/h4-5,7,9,13H,3,6,12H2,1-2H3. The zero-order chi connectivity index (χ0) is 10.6. The van der Waals surface area contributed by atoms with Gasteiger partial charge in [-0.2, -0.15) is 0 Å². The van der Waals surface area contributed by atoms with E-state index in [0.29, 0.717) is 12.0 Å². The fourth-order valence-electron chi connectivity index (χ4n) is 1.39. The van der Waals surface area contributed by atoms with Crippen LogP contribution in [0.25, 0.3) is 0 Å². The van der Waals surface area contributed by atoms with Gasteiger partial charge in [-0.25, -0.2) is 0 Å². The average Bonchev–Trinajstić information content (AvgIpc) is 2.59. The van der Waals surface area contributed by atoms with Crippen molar-refractivity contribution < 1.29 is 0 Å². The lowest BCUT2D eigenvalue weighted by Gasteiger charge is -2.21. The van der Waals surface area contributed by atoms with E-state index < -0.39 is 0 Å². The maximum absolute atomic E-state index is 5.87. The largest absolute Gasteiger partial charge is 0.271 e. The van der Waals surface area contributed by atoms with E-state index in [-0.39, 0.29) is 0 Å². The summed E-state index contributed by atoms with van der Waals surface area (Å²) in [6, 6.07) is 4.35. The van der Waals surface area contributed by atoms with Gasteiger partial charge in [-0.05, 0) is 24.5 Å². The third-order valence-corrected chi connectivity index (χ3v) is 3.85. The highest BCUT2D eigenvalue weighted by Gasteiger charge is 2.15. The molecule has 0 radical (unpaired) electrons. The first-order valence-corrected chi connectivity index (χ1v) is 6.07. The molecule has 1 aromatic rings. The molecule has 2 atom stereocenters. The number of halogens is 1. The quantitative estimate of drug-likeness (QED) is 0.605. The Hall–Kier alpha value is -0.0900. The number of nitrogens with one attached hydrogen (secondary N) is 1. The van der Waals surface area contributed by atoms with Gasteiger partial charge in [0.25, 0.3) is 0 Å². The number of hydrogen-bond donors (Lipinski definition) is 2. The second kappa shape index (κ2) is 5.71. The van der Waals surface area contributed by atoms with Crippen LogP contribution >= 0.6 is 22.9 Å². The molecule has 0 aliphatic rings. The molecule has 0 aliphatic carbocycles. The van der Waals surface area contributed by atoms with Crippen molar-refractivity contribution in [3.05, 3.63) is 21.3 Å². The highest BCUT2D eigenvalue weighted by atomic mass is 35.5. The molecule has 2 nitrogen and oxygen atoms in total. The molecule has 1 rings (SSSR count). The number of nitrogens with two attached hydrogens (primary N) is 1. The van der Waals surface area contributed by atoms with Crippen LogP contribution in [0, 0.1) is 5.92 Å². The molecule has 3 N–H and O–H groups in total. The summed E-state index contributed by atoms with van der Waals surface area (Å²) in [6.07, 6.45) is 2.09. The molecule has 0 spiro atoms. The van der Waals surface area contributed by atoms with E-state index in [1.54, 1.807) is 11.3 Å². The zero-order valence-electron chi connectivity index (χ0n) is 8.59. The number of hydrogen-bond acceptors (Lipinski definition) is 3. The van der Waals surface area contributed by atoms with Crippen LogP contribution in [0.2, 0.25) is 4.34 Å². The fourth-order valence-corrected chi connectivity index (χ4v) is 2.53. The Bertz CT molecular complexity index is 275. The van der Waals surface area contributed by atoms with Gasteiger partial charge in [0.1, 0.15) is 0 Å². The number of rotatable bonds is 5. The van der Waals surface area contributed by atoms with Gasteiger partial charge < -0.3 is 0 Å². The van der Waals surface area contributed by atoms with Crippen LogP contribution in [0.4, 0.5) is 0 Å². The van der Waals surface area contributed by atoms with Crippen molar-refractivity contribution in [1.82, 2.24) is 5.43 Å². The van der Waals surface area contributed by atoms with Crippen LogP contribution in [0.5, 0.6) is 0 Å². The minimum Gasteiger partial charge on any atom is -0.271 e. The second-order valence-corrected chi connectivity index (χ2v) is 5.37. The van der Waals surface area contributed by atoms with Crippen LogP contribution in [-0.2, 0) is 6.42 Å². The normalized spacial score (nSPS) is 15.4. The monoisotopic (exact) mass is 232 g/mol. The molecule has 80 valence electrons. The molecule has 0 aromatic carbocycles. The van der Waals surface area contributed by atoms with Crippen molar-refractivity contribution in [3.8, 4) is 0 Å². The van der Waals surface area contributed by atoms with Gasteiger partial charge >= 0.3 is 0 Å². The van der Waals surface area contributed by atoms with Crippen LogP contribution in [0.3, 0.4) is 0 Å². The van der Waals surface area contributed by atoms with Crippen LogP contribution in [0.1, 0.15) is 25.1 Å². The van der Waals surface area contributed by atoms with Gasteiger partial charge in [0, 0.05) is 10.9 Å². The second-order valence-electron chi connectivity index (χ2n) is 3.57. The predicted octanol–water partition coefficient (Wildman–Crippen LogP) is 2.82. The molecule has 0 bridgehead atoms. The van der Waals surface area contributed by atoms with E-state index in [1.165, 1.54) is 4.88 Å². The minimum atomic E-state index is 0.342. The van der Waals surface area contributed by atoms with Gasteiger partial charge in [0.05, 0.1) is 4.34 Å². The Morgan fingerprint density at radius 3 is 2.71 bits per heavy atom.